The fraction of sp³-hybridized carbons (Fsp3) is 0.381. The van der Waals surface area contributed by atoms with Crippen LogP contribution in [-0.4, -0.2) is 58.4 Å². The van der Waals surface area contributed by atoms with Gasteiger partial charge >= 0.3 is 0 Å². The van der Waals surface area contributed by atoms with Gasteiger partial charge in [0.1, 0.15) is 5.82 Å². The van der Waals surface area contributed by atoms with Crippen LogP contribution in [0.25, 0.3) is 17.0 Å². The van der Waals surface area contributed by atoms with Gasteiger partial charge in [-0.05, 0) is 55.6 Å². The third kappa shape index (κ3) is 4.09. The number of rotatable bonds is 4. The van der Waals surface area contributed by atoms with Crippen molar-refractivity contribution in [2.45, 2.75) is 19.3 Å². The summed E-state index contributed by atoms with van der Waals surface area (Å²) in [6, 6.07) is 4.89. The largest absolute Gasteiger partial charge is 0.338 e. The van der Waals surface area contributed by atoms with E-state index in [0.29, 0.717) is 26.1 Å². The number of hydrogen-bond acceptors (Lipinski definition) is 4. The summed E-state index contributed by atoms with van der Waals surface area (Å²) in [5.74, 6) is -0.691. The van der Waals surface area contributed by atoms with Crippen molar-refractivity contribution in [2.24, 2.45) is 0 Å². The molecule has 0 radical (unpaired) electrons. The Balaban J connectivity index is 1.43. The second-order valence-corrected chi connectivity index (χ2v) is 7.22. The Labute approximate surface area is 162 Å². The first kappa shape index (κ1) is 18.7. The summed E-state index contributed by atoms with van der Waals surface area (Å²) in [7, 11) is 0. The van der Waals surface area contributed by atoms with Crippen molar-refractivity contribution in [2.75, 3.05) is 32.7 Å². The molecule has 0 unspecified atom stereocenters. The van der Waals surface area contributed by atoms with Crippen LogP contribution in [0, 0.1) is 11.6 Å². The quantitative estimate of drug-likeness (QED) is 0.813. The monoisotopic (exact) mass is 384 g/mol. The van der Waals surface area contributed by atoms with Gasteiger partial charge in [-0.15, -0.1) is 0 Å². The molecule has 1 aromatic heterocycles. The third-order valence-corrected chi connectivity index (χ3v) is 5.32. The van der Waals surface area contributed by atoms with Gasteiger partial charge in [0, 0.05) is 13.1 Å². The predicted octanol–water partition coefficient (Wildman–Crippen LogP) is 3.13. The average Bonchev–Trinajstić information content (AvgIpc) is 3.22. The van der Waals surface area contributed by atoms with Gasteiger partial charge in [0.2, 0.25) is 5.91 Å². The summed E-state index contributed by atoms with van der Waals surface area (Å²) in [4.78, 5) is 24.2. The van der Waals surface area contributed by atoms with Crippen molar-refractivity contribution in [3.05, 3.63) is 53.9 Å². The molecule has 5 nitrogen and oxygen atoms in total. The minimum absolute atomic E-state index is 0.154. The summed E-state index contributed by atoms with van der Waals surface area (Å²) < 4.78 is 27.5. The van der Waals surface area contributed by atoms with Crippen molar-refractivity contribution in [1.29, 1.82) is 0 Å². The smallest absolute Gasteiger partial charge is 0.237 e. The first-order chi connectivity index (χ1) is 13.6. The molecular weight excluding hydrogens is 362 g/mol. The molecule has 1 amide bonds. The number of benzene rings is 1. The molecule has 1 aromatic carbocycles. The number of nitrogens with zero attached hydrogens (tertiary/aromatic N) is 4. The Bertz CT molecular complexity index is 892. The molecule has 1 saturated heterocycles. The normalized spacial score (nSPS) is 17.6. The minimum Gasteiger partial charge on any atom is -0.338 e. The Morgan fingerprint density at radius 2 is 1.82 bits per heavy atom. The first-order valence-corrected chi connectivity index (χ1v) is 9.57. The van der Waals surface area contributed by atoms with Crippen molar-refractivity contribution >= 4 is 11.5 Å². The fourth-order valence-electron chi connectivity index (χ4n) is 3.74. The van der Waals surface area contributed by atoms with E-state index in [1.165, 1.54) is 18.9 Å². The average molecular weight is 384 g/mol. The van der Waals surface area contributed by atoms with E-state index in [0.717, 1.165) is 36.6 Å². The third-order valence-electron chi connectivity index (χ3n) is 5.32. The molecule has 0 N–H and O–H groups in total. The van der Waals surface area contributed by atoms with Crippen LogP contribution in [0.4, 0.5) is 8.78 Å². The molecule has 0 bridgehead atoms. The van der Waals surface area contributed by atoms with Crippen LogP contribution in [0.5, 0.6) is 0 Å². The number of hydrogen-bond donors (Lipinski definition) is 0. The number of amides is 1. The number of halogens is 2. The van der Waals surface area contributed by atoms with Crippen LogP contribution in [0.2, 0.25) is 0 Å². The zero-order valence-corrected chi connectivity index (χ0v) is 15.6. The van der Waals surface area contributed by atoms with E-state index in [-0.39, 0.29) is 17.3 Å². The maximum Gasteiger partial charge on any atom is 0.237 e. The van der Waals surface area contributed by atoms with E-state index in [1.807, 2.05) is 17.0 Å². The molecule has 0 spiro atoms. The zero-order valence-electron chi connectivity index (χ0n) is 15.6. The van der Waals surface area contributed by atoms with Crippen LogP contribution >= 0.6 is 0 Å². The maximum absolute atomic E-state index is 14.6. The number of likely N-dealkylation sites (tertiary alicyclic amines) is 1. The molecule has 4 rings (SSSR count). The standard InChI is InChI=1S/C21H22F2N4O/c22-17-12-24-21(25-13-17)18-4-3-16(11-19(18)23)15-5-9-27(10-6-15)20(28)14-26-7-1-2-8-26/h3-5,11-13H,1-2,6-10,14H2. The molecule has 146 valence electrons. The molecule has 28 heavy (non-hydrogen) atoms. The van der Waals surface area contributed by atoms with Crippen LogP contribution in [-0.2, 0) is 4.79 Å². The first-order valence-electron chi connectivity index (χ1n) is 9.57. The van der Waals surface area contributed by atoms with Gasteiger partial charge < -0.3 is 4.90 Å². The predicted molar refractivity (Wildman–Crippen MR) is 102 cm³/mol. The highest BCUT2D eigenvalue weighted by Gasteiger charge is 2.22. The second-order valence-electron chi connectivity index (χ2n) is 7.22. The van der Waals surface area contributed by atoms with E-state index in [9.17, 15) is 13.6 Å². The van der Waals surface area contributed by atoms with Gasteiger partial charge in [-0.3, -0.25) is 9.69 Å². The Hall–Kier alpha value is -2.67. The van der Waals surface area contributed by atoms with Gasteiger partial charge in [-0.1, -0.05) is 12.1 Å². The van der Waals surface area contributed by atoms with Crippen molar-refractivity contribution in [1.82, 2.24) is 19.8 Å². The summed E-state index contributed by atoms with van der Waals surface area (Å²) in [6.45, 7) is 3.69. The van der Waals surface area contributed by atoms with Crippen LogP contribution in [0.1, 0.15) is 24.8 Å². The Kier molecular flexibility index (Phi) is 5.43. The van der Waals surface area contributed by atoms with E-state index in [1.54, 1.807) is 6.07 Å². The fourth-order valence-corrected chi connectivity index (χ4v) is 3.74. The van der Waals surface area contributed by atoms with Gasteiger partial charge in [-0.2, -0.15) is 0 Å². The molecule has 1 fully saturated rings. The lowest BCUT2D eigenvalue weighted by atomic mass is 9.98. The Morgan fingerprint density at radius 3 is 2.46 bits per heavy atom. The highest BCUT2D eigenvalue weighted by atomic mass is 19.1. The van der Waals surface area contributed by atoms with Crippen molar-refractivity contribution < 1.29 is 13.6 Å². The van der Waals surface area contributed by atoms with Gasteiger partial charge in [0.25, 0.3) is 0 Å². The molecule has 0 saturated carbocycles. The lowest BCUT2D eigenvalue weighted by Gasteiger charge is -2.28. The van der Waals surface area contributed by atoms with Crippen molar-refractivity contribution in [3.63, 3.8) is 0 Å². The van der Waals surface area contributed by atoms with E-state index in [2.05, 4.69) is 14.9 Å². The lowest BCUT2D eigenvalue weighted by Crippen LogP contribution is -2.41. The van der Waals surface area contributed by atoms with Gasteiger partial charge in [0.15, 0.2) is 11.6 Å². The number of aromatic nitrogens is 2. The molecule has 2 aliphatic rings. The molecule has 7 heteroatoms. The SMILES string of the molecule is O=C(CN1CCCC1)N1CC=C(c2ccc(-c3ncc(F)cn3)c(F)c2)CC1. The maximum atomic E-state index is 14.6. The van der Waals surface area contributed by atoms with Crippen LogP contribution in [0.3, 0.4) is 0 Å². The van der Waals surface area contributed by atoms with Gasteiger partial charge in [-0.25, -0.2) is 18.7 Å². The van der Waals surface area contributed by atoms with Crippen LogP contribution in [0.15, 0.2) is 36.7 Å². The lowest BCUT2D eigenvalue weighted by molar-refractivity contribution is -0.131. The van der Waals surface area contributed by atoms with E-state index in [4.69, 9.17) is 0 Å². The summed E-state index contributed by atoms with van der Waals surface area (Å²) >= 11 is 0. The van der Waals surface area contributed by atoms with Gasteiger partial charge in [0.05, 0.1) is 24.5 Å². The molecule has 0 aliphatic carbocycles. The molecular formula is C21H22F2N4O. The van der Waals surface area contributed by atoms with E-state index >= 15 is 0 Å². The molecule has 3 heterocycles. The molecule has 2 aliphatic heterocycles. The number of carbonyl (C=O) groups excluding carboxylic acids is 1. The zero-order chi connectivity index (χ0) is 19.5. The highest BCUT2D eigenvalue weighted by molar-refractivity contribution is 5.80. The topological polar surface area (TPSA) is 49.3 Å². The molecule has 0 atom stereocenters. The van der Waals surface area contributed by atoms with Crippen molar-refractivity contribution in [3.8, 4) is 11.4 Å². The van der Waals surface area contributed by atoms with E-state index < -0.39 is 11.6 Å². The summed E-state index contributed by atoms with van der Waals surface area (Å²) in [5, 5.41) is 0. The minimum atomic E-state index is -0.558. The summed E-state index contributed by atoms with van der Waals surface area (Å²) in [6.07, 6.45) is 7.07. The molecule has 2 aromatic rings. The summed E-state index contributed by atoms with van der Waals surface area (Å²) in [5.41, 5.74) is 2.05. The Morgan fingerprint density at radius 1 is 1.07 bits per heavy atom. The highest BCUT2D eigenvalue weighted by Crippen LogP contribution is 2.27. The van der Waals surface area contributed by atoms with Crippen LogP contribution < -0.4 is 0 Å². The second kappa shape index (κ2) is 8.14. The number of carbonyl (C=O) groups is 1.